The Morgan fingerprint density at radius 2 is 1.55 bits per heavy atom. The number of imide groups is 1. The van der Waals surface area contributed by atoms with Crippen LogP contribution in [-0.4, -0.2) is 59.5 Å². The lowest BCUT2D eigenvalue weighted by Crippen LogP contribution is -2.57. The van der Waals surface area contributed by atoms with Crippen LogP contribution in [0.3, 0.4) is 0 Å². The molecule has 2 N–H and O–H groups in total. The van der Waals surface area contributed by atoms with Crippen LogP contribution in [0.4, 0.5) is 9.59 Å². The molecule has 7 nitrogen and oxygen atoms in total. The molecule has 0 aliphatic carbocycles. The highest BCUT2D eigenvalue weighted by atomic mass is 16.2. The molecule has 0 atom stereocenters. The number of nitrogens with zero attached hydrogens (tertiary/aromatic N) is 2. The minimum absolute atomic E-state index is 0.0734. The lowest BCUT2D eigenvalue weighted by Gasteiger charge is -2.40. The maximum Gasteiger partial charge on any atom is 0.322 e. The van der Waals surface area contributed by atoms with Crippen LogP contribution in [0, 0.1) is 0 Å². The Morgan fingerprint density at radius 3 is 2.10 bits per heavy atom. The second-order valence-corrected chi connectivity index (χ2v) is 5.81. The molecule has 3 fully saturated rings. The molecule has 3 saturated heterocycles. The third-order valence-electron chi connectivity index (χ3n) is 4.53. The fraction of sp³-hybridized carbons (Fsp3) is 0.769. The SMILES string of the molecule is O=C1NC(=O)C2(CCN(C(=O)N3CCCCC3)CC2)N1. The molecule has 3 aliphatic rings. The van der Waals surface area contributed by atoms with Gasteiger partial charge in [0.05, 0.1) is 0 Å². The molecule has 20 heavy (non-hydrogen) atoms. The first-order valence-electron chi connectivity index (χ1n) is 7.28. The van der Waals surface area contributed by atoms with E-state index in [1.54, 1.807) is 4.90 Å². The Balaban J connectivity index is 1.59. The largest absolute Gasteiger partial charge is 0.325 e. The van der Waals surface area contributed by atoms with E-state index in [2.05, 4.69) is 10.6 Å². The van der Waals surface area contributed by atoms with E-state index in [1.807, 2.05) is 4.90 Å². The molecule has 7 heteroatoms. The quantitative estimate of drug-likeness (QED) is 0.625. The highest BCUT2D eigenvalue weighted by Crippen LogP contribution is 2.26. The van der Waals surface area contributed by atoms with Gasteiger partial charge in [-0.05, 0) is 32.1 Å². The first-order chi connectivity index (χ1) is 9.61. The van der Waals surface area contributed by atoms with Gasteiger partial charge in [0.25, 0.3) is 5.91 Å². The summed E-state index contributed by atoms with van der Waals surface area (Å²) in [5, 5.41) is 4.99. The molecule has 1 spiro atoms. The summed E-state index contributed by atoms with van der Waals surface area (Å²) in [5.74, 6) is -0.257. The maximum absolute atomic E-state index is 12.4. The highest BCUT2D eigenvalue weighted by molar-refractivity contribution is 6.07. The Hall–Kier alpha value is -1.79. The maximum atomic E-state index is 12.4. The average molecular weight is 280 g/mol. The van der Waals surface area contributed by atoms with Crippen LogP contribution in [0.25, 0.3) is 0 Å². The Labute approximate surface area is 117 Å². The molecule has 0 bridgehead atoms. The second kappa shape index (κ2) is 4.96. The molecule has 0 aromatic carbocycles. The van der Waals surface area contributed by atoms with E-state index in [4.69, 9.17) is 0 Å². The zero-order chi connectivity index (χ0) is 14.2. The number of rotatable bonds is 0. The smallest absolute Gasteiger partial charge is 0.322 e. The summed E-state index contributed by atoms with van der Waals surface area (Å²) in [6.45, 7) is 2.70. The number of carbonyl (C=O) groups is 3. The molecule has 0 unspecified atom stereocenters. The van der Waals surface area contributed by atoms with Gasteiger partial charge in [-0.3, -0.25) is 10.1 Å². The number of hydrogen-bond donors (Lipinski definition) is 2. The summed E-state index contributed by atoms with van der Waals surface area (Å²) in [5.41, 5.74) is -0.796. The number of hydrogen-bond acceptors (Lipinski definition) is 3. The topological polar surface area (TPSA) is 81.8 Å². The van der Waals surface area contributed by atoms with Crippen LogP contribution in [-0.2, 0) is 4.79 Å². The van der Waals surface area contributed by atoms with Gasteiger partial charge in [-0.25, -0.2) is 9.59 Å². The molecule has 0 aromatic heterocycles. The van der Waals surface area contributed by atoms with Crippen molar-refractivity contribution >= 4 is 18.0 Å². The molecule has 3 aliphatic heterocycles. The van der Waals surface area contributed by atoms with Crippen molar-refractivity contribution in [2.75, 3.05) is 26.2 Å². The Morgan fingerprint density at radius 1 is 0.950 bits per heavy atom. The first kappa shape index (κ1) is 13.2. The van der Waals surface area contributed by atoms with Crippen molar-refractivity contribution in [2.45, 2.75) is 37.6 Å². The minimum atomic E-state index is -0.796. The summed E-state index contributed by atoms with van der Waals surface area (Å²) in [6.07, 6.45) is 4.32. The van der Waals surface area contributed by atoms with Crippen molar-refractivity contribution in [3.05, 3.63) is 0 Å². The highest BCUT2D eigenvalue weighted by Gasteiger charge is 2.48. The van der Waals surface area contributed by atoms with Gasteiger partial charge in [0.1, 0.15) is 5.54 Å². The Kier molecular flexibility index (Phi) is 3.27. The van der Waals surface area contributed by atoms with Crippen molar-refractivity contribution < 1.29 is 14.4 Å². The summed E-state index contributed by atoms with van der Waals surface area (Å²) >= 11 is 0. The van der Waals surface area contributed by atoms with Crippen molar-refractivity contribution in [2.24, 2.45) is 0 Å². The van der Waals surface area contributed by atoms with E-state index in [0.717, 1.165) is 25.9 Å². The fourth-order valence-corrected chi connectivity index (χ4v) is 3.25. The van der Waals surface area contributed by atoms with Gasteiger partial charge in [-0.1, -0.05) is 0 Å². The van der Waals surface area contributed by atoms with E-state index >= 15 is 0 Å². The summed E-state index contributed by atoms with van der Waals surface area (Å²) in [4.78, 5) is 39.2. The van der Waals surface area contributed by atoms with Gasteiger partial charge >= 0.3 is 12.1 Å². The van der Waals surface area contributed by atoms with Gasteiger partial charge in [-0.2, -0.15) is 0 Å². The third kappa shape index (κ3) is 2.21. The van der Waals surface area contributed by atoms with Gasteiger partial charge in [-0.15, -0.1) is 0 Å². The van der Waals surface area contributed by atoms with Crippen LogP contribution < -0.4 is 10.6 Å². The second-order valence-electron chi connectivity index (χ2n) is 5.81. The number of carbonyl (C=O) groups excluding carboxylic acids is 3. The number of nitrogens with one attached hydrogen (secondary N) is 2. The first-order valence-corrected chi connectivity index (χ1v) is 7.28. The molecule has 0 radical (unpaired) electrons. The van der Waals surface area contributed by atoms with E-state index in [0.29, 0.717) is 25.9 Å². The van der Waals surface area contributed by atoms with E-state index in [9.17, 15) is 14.4 Å². The molecular weight excluding hydrogens is 260 g/mol. The summed E-state index contributed by atoms with van der Waals surface area (Å²) in [7, 11) is 0. The summed E-state index contributed by atoms with van der Waals surface area (Å²) < 4.78 is 0. The Bertz CT molecular complexity index is 437. The number of urea groups is 2. The zero-order valence-corrected chi connectivity index (χ0v) is 11.5. The number of amides is 5. The van der Waals surface area contributed by atoms with Crippen molar-refractivity contribution in [1.82, 2.24) is 20.4 Å². The van der Waals surface area contributed by atoms with Crippen LogP contribution >= 0.6 is 0 Å². The minimum Gasteiger partial charge on any atom is -0.325 e. The van der Waals surface area contributed by atoms with Crippen molar-refractivity contribution in [3.63, 3.8) is 0 Å². The molecule has 0 saturated carbocycles. The van der Waals surface area contributed by atoms with Gasteiger partial charge in [0, 0.05) is 26.2 Å². The van der Waals surface area contributed by atoms with Crippen LogP contribution in [0.5, 0.6) is 0 Å². The molecule has 5 amide bonds. The monoisotopic (exact) mass is 280 g/mol. The molecular formula is C13H20N4O3. The predicted octanol–water partition coefficient (Wildman–Crippen LogP) is 0.266. The van der Waals surface area contributed by atoms with Crippen LogP contribution in [0.2, 0.25) is 0 Å². The third-order valence-corrected chi connectivity index (χ3v) is 4.53. The van der Waals surface area contributed by atoms with Crippen LogP contribution in [0.15, 0.2) is 0 Å². The van der Waals surface area contributed by atoms with Gasteiger partial charge in [0.15, 0.2) is 0 Å². The molecule has 110 valence electrons. The van der Waals surface area contributed by atoms with Gasteiger partial charge < -0.3 is 15.1 Å². The number of piperidine rings is 2. The lowest BCUT2D eigenvalue weighted by atomic mass is 9.88. The lowest BCUT2D eigenvalue weighted by molar-refractivity contribution is -0.125. The zero-order valence-electron chi connectivity index (χ0n) is 11.5. The predicted molar refractivity (Wildman–Crippen MR) is 71.0 cm³/mol. The van der Waals surface area contributed by atoms with Crippen LogP contribution in [0.1, 0.15) is 32.1 Å². The summed E-state index contributed by atoms with van der Waals surface area (Å²) in [6, 6.07) is -0.352. The fourth-order valence-electron chi connectivity index (χ4n) is 3.25. The molecule has 3 heterocycles. The van der Waals surface area contributed by atoms with E-state index in [1.165, 1.54) is 6.42 Å². The molecule has 3 rings (SSSR count). The average Bonchev–Trinajstić information content (AvgIpc) is 2.74. The van der Waals surface area contributed by atoms with Crippen molar-refractivity contribution in [3.8, 4) is 0 Å². The standard InChI is InChI=1S/C13H20N4O3/c18-10-13(15-11(19)14-10)4-8-17(9-5-13)12(20)16-6-2-1-3-7-16/h1-9H2,(H2,14,15,18,19). The van der Waals surface area contributed by atoms with E-state index in [-0.39, 0.29) is 11.9 Å². The normalized spacial score (nSPS) is 25.6. The van der Waals surface area contributed by atoms with Crippen molar-refractivity contribution in [1.29, 1.82) is 0 Å². The molecule has 0 aromatic rings. The number of likely N-dealkylation sites (tertiary alicyclic amines) is 2. The van der Waals surface area contributed by atoms with E-state index < -0.39 is 11.6 Å². The van der Waals surface area contributed by atoms with Gasteiger partial charge in [0.2, 0.25) is 0 Å².